The van der Waals surface area contributed by atoms with Crippen molar-refractivity contribution in [1.82, 2.24) is 0 Å². The third-order valence-corrected chi connectivity index (χ3v) is 4.06. The van der Waals surface area contributed by atoms with E-state index >= 15 is 0 Å². The number of Topliss-reactive ketones (excluding diaryl/α,β-unsaturated/α-hetero) is 1. The first-order valence-corrected chi connectivity index (χ1v) is 7.91. The summed E-state index contributed by atoms with van der Waals surface area (Å²) in [6.07, 6.45) is 0. The van der Waals surface area contributed by atoms with Gasteiger partial charge in [0.1, 0.15) is 5.82 Å². The van der Waals surface area contributed by atoms with E-state index in [1.54, 1.807) is 31.3 Å². The van der Waals surface area contributed by atoms with Gasteiger partial charge in [0.15, 0.2) is 5.78 Å². The molecule has 0 bridgehead atoms. The summed E-state index contributed by atoms with van der Waals surface area (Å²) in [7, 11) is 1.63. The van der Waals surface area contributed by atoms with Crippen molar-refractivity contribution in [2.75, 3.05) is 23.5 Å². The zero-order chi connectivity index (χ0) is 15.9. The Balaban J connectivity index is 1.82. The summed E-state index contributed by atoms with van der Waals surface area (Å²) in [5.41, 5.74) is 1.27. The fourth-order valence-corrected chi connectivity index (χ4v) is 2.67. The second-order valence-electron chi connectivity index (χ2n) is 4.71. The Hall–Kier alpha value is -2.14. The van der Waals surface area contributed by atoms with Crippen LogP contribution in [0, 0.1) is 5.82 Å². The highest BCUT2D eigenvalue weighted by molar-refractivity contribution is 8.00. The Morgan fingerprint density at radius 3 is 2.27 bits per heavy atom. The maximum absolute atomic E-state index is 12.9. The van der Waals surface area contributed by atoms with Crippen LogP contribution in [0.25, 0.3) is 0 Å². The van der Waals surface area contributed by atoms with Crippen LogP contribution in [0.4, 0.5) is 10.1 Å². The molecule has 0 aliphatic rings. The van der Waals surface area contributed by atoms with Gasteiger partial charge in [-0.1, -0.05) is 30.3 Å². The topological polar surface area (TPSA) is 37.4 Å². The molecule has 0 N–H and O–H groups in total. The van der Waals surface area contributed by atoms with Crippen LogP contribution in [0.3, 0.4) is 0 Å². The Bertz CT molecular complexity index is 643. The van der Waals surface area contributed by atoms with Crippen LogP contribution >= 0.6 is 11.8 Å². The van der Waals surface area contributed by atoms with E-state index < -0.39 is 0 Å². The van der Waals surface area contributed by atoms with Crippen molar-refractivity contribution in [3.63, 3.8) is 0 Å². The maximum Gasteiger partial charge on any atom is 0.236 e. The number of hydrogen-bond donors (Lipinski definition) is 0. The molecule has 22 heavy (non-hydrogen) atoms. The molecule has 0 saturated heterocycles. The zero-order valence-corrected chi connectivity index (χ0v) is 13.0. The quantitative estimate of drug-likeness (QED) is 0.766. The number of amides is 1. The molecule has 0 aliphatic carbocycles. The molecule has 0 saturated carbocycles. The van der Waals surface area contributed by atoms with Gasteiger partial charge in [-0.2, -0.15) is 0 Å². The molecule has 5 heteroatoms. The van der Waals surface area contributed by atoms with Crippen molar-refractivity contribution < 1.29 is 14.0 Å². The van der Waals surface area contributed by atoms with Crippen LogP contribution in [0.1, 0.15) is 10.4 Å². The fraction of sp³-hybridized carbons (Fsp3) is 0.176. The number of anilines is 1. The Labute approximate surface area is 133 Å². The summed E-state index contributed by atoms with van der Waals surface area (Å²) >= 11 is 1.28. The van der Waals surface area contributed by atoms with E-state index in [1.807, 2.05) is 18.2 Å². The van der Waals surface area contributed by atoms with Crippen molar-refractivity contribution in [2.24, 2.45) is 0 Å². The van der Waals surface area contributed by atoms with E-state index in [1.165, 1.54) is 28.8 Å². The summed E-state index contributed by atoms with van der Waals surface area (Å²) < 4.78 is 12.9. The Morgan fingerprint density at radius 1 is 1.00 bits per heavy atom. The number of halogens is 1. The lowest BCUT2D eigenvalue weighted by Crippen LogP contribution is -2.28. The lowest BCUT2D eigenvalue weighted by molar-refractivity contribution is -0.115. The van der Waals surface area contributed by atoms with Gasteiger partial charge in [-0.05, 0) is 24.3 Å². The highest BCUT2D eigenvalue weighted by atomic mass is 32.2. The van der Waals surface area contributed by atoms with Crippen LogP contribution in [-0.4, -0.2) is 30.2 Å². The second kappa shape index (κ2) is 7.75. The summed E-state index contributed by atoms with van der Waals surface area (Å²) in [6.45, 7) is 0. The summed E-state index contributed by atoms with van der Waals surface area (Å²) in [5.74, 6) is -0.00726. The monoisotopic (exact) mass is 317 g/mol. The fourth-order valence-electron chi connectivity index (χ4n) is 1.84. The number of carbonyl (C=O) groups excluding carboxylic acids is 2. The van der Waals surface area contributed by atoms with E-state index in [-0.39, 0.29) is 29.0 Å². The molecule has 0 aromatic heterocycles. The average molecular weight is 317 g/mol. The maximum atomic E-state index is 12.9. The first-order chi connectivity index (χ1) is 10.6. The Morgan fingerprint density at radius 2 is 1.64 bits per heavy atom. The molecule has 2 aromatic rings. The molecule has 3 nitrogen and oxygen atoms in total. The first kappa shape index (κ1) is 16.2. The van der Waals surface area contributed by atoms with Crippen molar-refractivity contribution in [3.8, 4) is 0 Å². The van der Waals surface area contributed by atoms with Gasteiger partial charge >= 0.3 is 0 Å². The van der Waals surface area contributed by atoms with Crippen LogP contribution in [-0.2, 0) is 4.79 Å². The van der Waals surface area contributed by atoms with Crippen molar-refractivity contribution in [1.29, 1.82) is 0 Å². The molecule has 0 heterocycles. The highest BCUT2D eigenvalue weighted by Crippen LogP contribution is 2.15. The number of rotatable bonds is 6. The predicted molar refractivity (Wildman–Crippen MR) is 87.9 cm³/mol. The van der Waals surface area contributed by atoms with Gasteiger partial charge in [-0.3, -0.25) is 9.59 Å². The van der Waals surface area contributed by atoms with Crippen LogP contribution in [0.15, 0.2) is 54.6 Å². The third-order valence-electron chi connectivity index (χ3n) is 3.14. The molecule has 0 fully saturated rings. The molecule has 0 radical (unpaired) electrons. The zero-order valence-electron chi connectivity index (χ0n) is 12.2. The SMILES string of the molecule is CN(C(=O)CSCC(=O)c1ccccc1)c1ccc(F)cc1. The second-order valence-corrected chi connectivity index (χ2v) is 5.70. The normalized spacial score (nSPS) is 10.3. The van der Waals surface area contributed by atoms with Crippen LogP contribution in [0.2, 0.25) is 0 Å². The first-order valence-electron chi connectivity index (χ1n) is 6.76. The van der Waals surface area contributed by atoms with E-state index in [9.17, 15) is 14.0 Å². The van der Waals surface area contributed by atoms with Gasteiger partial charge in [0, 0.05) is 18.3 Å². The Kier molecular flexibility index (Phi) is 5.72. The smallest absolute Gasteiger partial charge is 0.236 e. The lowest BCUT2D eigenvalue weighted by Gasteiger charge is -2.17. The van der Waals surface area contributed by atoms with Gasteiger partial charge in [-0.25, -0.2) is 4.39 Å². The van der Waals surface area contributed by atoms with Crippen LogP contribution in [0.5, 0.6) is 0 Å². The summed E-state index contributed by atoms with van der Waals surface area (Å²) in [4.78, 5) is 25.4. The minimum absolute atomic E-state index is 0.00263. The van der Waals surface area contributed by atoms with Crippen LogP contribution < -0.4 is 4.90 Å². The van der Waals surface area contributed by atoms with E-state index in [0.717, 1.165) is 0 Å². The molecule has 2 rings (SSSR count). The third kappa shape index (κ3) is 4.43. The molecule has 2 aromatic carbocycles. The molecule has 0 spiro atoms. The van der Waals surface area contributed by atoms with E-state index in [2.05, 4.69) is 0 Å². The molecule has 1 amide bonds. The molecule has 114 valence electrons. The highest BCUT2D eigenvalue weighted by Gasteiger charge is 2.12. The molecule has 0 atom stereocenters. The van der Waals surface area contributed by atoms with E-state index in [4.69, 9.17) is 0 Å². The number of carbonyl (C=O) groups is 2. The van der Waals surface area contributed by atoms with Gasteiger partial charge in [0.25, 0.3) is 0 Å². The predicted octanol–water partition coefficient (Wildman–Crippen LogP) is 3.40. The molecule has 0 unspecified atom stereocenters. The van der Waals surface area contributed by atoms with Gasteiger partial charge in [0.2, 0.25) is 5.91 Å². The number of benzene rings is 2. The molecule has 0 aliphatic heterocycles. The molecular formula is C17H16FNO2S. The minimum Gasteiger partial charge on any atom is -0.315 e. The van der Waals surface area contributed by atoms with Crippen molar-refractivity contribution >= 4 is 29.1 Å². The summed E-state index contributed by atoms with van der Waals surface area (Å²) in [5, 5.41) is 0. The van der Waals surface area contributed by atoms with E-state index in [0.29, 0.717) is 11.3 Å². The number of hydrogen-bond acceptors (Lipinski definition) is 3. The number of thioether (sulfide) groups is 1. The standard InChI is InChI=1S/C17H16FNO2S/c1-19(15-9-7-14(18)8-10-15)17(21)12-22-11-16(20)13-5-3-2-4-6-13/h2-10H,11-12H2,1H3. The van der Waals surface area contributed by atoms with Gasteiger partial charge in [-0.15, -0.1) is 11.8 Å². The average Bonchev–Trinajstić information content (AvgIpc) is 2.55. The summed E-state index contributed by atoms with van der Waals surface area (Å²) in [6, 6.07) is 14.7. The molecular weight excluding hydrogens is 301 g/mol. The minimum atomic E-state index is -0.340. The van der Waals surface area contributed by atoms with Crippen molar-refractivity contribution in [3.05, 3.63) is 66.0 Å². The number of ketones is 1. The van der Waals surface area contributed by atoms with Crippen molar-refractivity contribution in [2.45, 2.75) is 0 Å². The number of nitrogens with zero attached hydrogens (tertiary/aromatic N) is 1. The lowest BCUT2D eigenvalue weighted by atomic mass is 10.2. The van der Waals surface area contributed by atoms with Gasteiger partial charge < -0.3 is 4.90 Å². The largest absolute Gasteiger partial charge is 0.315 e. The van der Waals surface area contributed by atoms with Gasteiger partial charge in [0.05, 0.1) is 11.5 Å².